The Hall–Kier alpha value is -1.49. The smallest absolute Gasteiger partial charge is 0.348 e. The molecule has 1 saturated carbocycles. The number of nitrogens with zero attached hydrogens (tertiary/aromatic N) is 2. The fourth-order valence-electron chi connectivity index (χ4n) is 1.90. The second kappa shape index (κ2) is 3.77. The quantitative estimate of drug-likeness (QED) is 0.767. The van der Waals surface area contributed by atoms with E-state index >= 15 is 0 Å². The topological polar surface area (TPSA) is 52.1 Å². The molecule has 5 heteroatoms. The van der Waals surface area contributed by atoms with Crippen LogP contribution in [0.5, 0.6) is 0 Å². The minimum Gasteiger partial charge on any atom is -0.465 e. The lowest BCUT2D eigenvalue weighted by Crippen LogP contribution is -1.96. The van der Waals surface area contributed by atoms with E-state index in [1.165, 1.54) is 31.3 Å². The third-order valence-electron chi connectivity index (χ3n) is 2.93. The summed E-state index contributed by atoms with van der Waals surface area (Å²) < 4.78 is 4.70. The first-order chi connectivity index (χ1) is 8.19. The van der Waals surface area contributed by atoms with Crippen molar-refractivity contribution in [1.29, 1.82) is 0 Å². The van der Waals surface area contributed by atoms with Crippen LogP contribution < -0.4 is 0 Å². The largest absolute Gasteiger partial charge is 0.465 e. The van der Waals surface area contributed by atoms with E-state index in [1.54, 1.807) is 6.07 Å². The Bertz CT molecular complexity index is 602. The van der Waals surface area contributed by atoms with Gasteiger partial charge in [-0.1, -0.05) is 0 Å². The number of methoxy groups -OCH3 is 1. The number of ether oxygens (including phenoxy) is 1. The van der Waals surface area contributed by atoms with Crippen molar-refractivity contribution >= 4 is 27.7 Å². The summed E-state index contributed by atoms with van der Waals surface area (Å²) in [7, 11) is 1.38. The van der Waals surface area contributed by atoms with Crippen LogP contribution in [0.25, 0.3) is 10.3 Å². The Balaban J connectivity index is 2.12. The van der Waals surface area contributed by atoms with Gasteiger partial charge in [-0.15, -0.1) is 11.3 Å². The van der Waals surface area contributed by atoms with Crippen molar-refractivity contribution in [3.63, 3.8) is 0 Å². The zero-order chi connectivity index (χ0) is 12.0. The number of rotatable bonds is 2. The predicted molar refractivity (Wildman–Crippen MR) is 65.5 cm³/mol. The molecule has 2 heterocycles. The summed E-state index contributed by atoms with van der Waals surface area (Å²) in [6.45, 7) is 1.98. The Labute approximate surface area is 103 Å². The second-order valence-electron chi connectivity index (χ2n) is 4.26. The van der Waals surface area contributed by atoms with Crippen LogP contribution in [-0.4, -0.2) is 23.0 Å². The highest BCUT2D eigenvalue weighted by molar-refractivity contribution is 7.20. The van der Waals surface area contributed by atoms with Gasteiger partial charge in [-0.05, 0) is 25.8 Å². The monoisotopic (exact) mass is 248 g/mol. The predicted octanol–water partition coefficient (Wildman–Crippen LogP) is 2.66. The molecule has 0 radical (unpaired) electrons. The molecular formula is C12H12N2O2S. The number of hydrogen-bond donors (Lipinski definition) is 0. The molecular weight excluding hydrogens is 236 g/mol. The number of carbonyl (C=O) groups is 1. The molecule has 0 amide bonds. The van der Waals surface area contributed by atoms with Crippen LogP contribution in [0.3, 0.4) is 0 Å². The van der Waals surface area contributed by atoms with Gasteiger partial charge >= 0.3 is 5.97 Å². The molecule has 1 aliphatic rings. The fourth-order valence-corrected chi connectivity index (χ4v) is 2.80. The summed E-state index contributed by atoms with van der Waals surface area (Å²) in [5.74, 6) is 0.260. The Kier molecular flexibility index (Phi) is 2.36. The van der Waals surface area contributed by atoms with Gasteiger partial charge < -0.3 is 4.74 Å². The van der Waals surface area contributed by atoms with Gasteiger partial charge in [0.15, 0.2) is 0 Å². The van der Waals surface area contributed by atoms with E-state index in [-0.39, 0.29) is 5.97 Å². The normalized spacial score (nSPS) is 15.2. The number of esters is 1. The molecule has 1 aliphatic carbocycles. The van der Waals surface area contributed by atoms with Gasteiger partial charge in [0.05, 0.1) is 18.5 Å². The molecule has 0 saturated heterocycles. The van der Waals surface area contributed by atoms with E-state index in [2.05, 4.69) is 9.97 Å². The highest BCUT2D eigenvalue weighted by atomic mass is 32.1. The van der Waals surface area contributed by atoms with Crippen molar-refractivity contribution < 1.29 is 9.53 Å². The van der Waals surface area contributed by atoms with Crippen LogP contribution in [-0.2, 0) is 4.74 Å². The highest BCUT2D eigenvalue weighted by Gasteiger charge is 2.28. The van der Waals surface area contributed by atoms with Crippen LogP contribution in [0.1, 0.15) is 39.8 Å². The van der Waals surface area contributed by atoms with Crippen LogP contribution in [0.15, 0.2) is 6.07 Å². The minimum atomic E-state index is -0.319. The molecule has 4 nitrogen and oxygen atoms in total. The van der Waals surface area contributed by atoms with E-state index in [0.717, 1.165) is 21.7 Å². The number of aromatic nitrogens is 2. The molecule has 0 N–H and O–H groups in total. The minimum absolute atomic E-state index is 0.319. The summed E-state index contributed by atoms with van der Waals surface area (Å²) in [4.78, 5) is 22.0. The third kappa shape index (κ3) is 1.80. The van der Waals surface area contributed by atoms with Crippen molar-refractivity contribution in [2.24, 2.45) is 0 Å². The maximum Gasteiger partial charge on any atom is 0.348 e. The SMILES string of the molecule is COC(=O)c1cc2nc(C)c(C3CC3)nc2s1. The van der Waals surface area contributed by atoms with Crippen molar-refractivity contribution in [3.05, 3.63) is 22.3 Å². The first-order valence-corrected chi connectivity index (χ1v) is 6.37. The van der Waals surface area contributed by atoms with Crippen LogP contribution >= 0.6 is 11.3 Å². The molecule has 0 aromatic carbocycles. The van der Waals surface area contributed by atoms with Crippen LogP contribution in [0.4, 0.5) is 0 Å². The number of aryl methyl sites for hydroxylation is 1. The van der Waals surface area contributed by atoms with E-state index in [9.17, 15) is 4.79 Å². The number of fused-ring (bicyclic) bond motifs is 1. The number of carbonyl (C=O) groups excluding carboxylic acids is 1. The summed E-state index contributed by atoms with van der Waals surface area (Å²) in [5.41, 5.74) is 2.86. The van der Waals surface area contributed by atoms with Gasteiger partial charge in [0, 0.05) is 5.92 Å². The Morgan fingerprint density at radius 2 is 2.24 bits per heavy atom. The lowest BCUT2D eigenvalue weighted by Gasteiger charge is -2.01. The second-order valence-corrected chi connectivity index (χ2v) is 5.29. The Morgan fingerprint density at radius 3 is 2.88 bits per heavy atom. The molecule has 1 fully saturated rings. The first-order valence-electron chi connectivity index (χ1n) is 5.55. The number of thiophene rings is 1. The molecule has 0 unspecified atom stereocenters. The lowest BCUT2D eigenvalue weighted by molar-refractivity contribution is 0.0606. The molecule has 2 aromatic rings. The van der Waals surface area contributed by atoms with Gasteiger partial charge in [-0.3, -0.25) is 0 Å². The molecule has 0 atom stereocenters. The van der Waals surface area contributed by atoms with Gasteiger partial charge in [0.2, 0.25) is 0 Å². The molecule has 0 bridgehead atoms. The third-order valence-corrected chi connectivity index (χ3v) is 3.92. The fraction of sp³-hybridized carbons (Fsp3) is 0.417. The molecule has 88 valence electrons. The van der Waals surface area contributed by atoms with Crippen molar-refractivity contribution in [2.75, 3.05) is 7.11 Å². The number of hydrogen-bond acceptors (Lipinski definition) is 5. The maximum absolute atomic E-state index is 11.4. The summed E-state index contributed by atoms with van der Waals surface area (Å²) in [6, 6.07) is 1.75. The van der Waals surface area contributed by atoms with E-state index in [1.807, 2.05) is 6.92 Å². The molecule has 0 aliphatic heterocycles. The van der Waals surface area contributed by atoms with E-state index in [4.69, 9.17) is 4.74 Å². The lowest BCUT2D eigenvalue weighted by atomic mass is 10.2. The molecule has 2 aromatic heterocycles. The summed E-state index contributed by atoms with van der Waals surface area (Å²) >= 11 is 1.35. The first kappa shape index (κ1) is 10.7. The zero-order valence-electron chi connectivity index (χ0n) is 9.69. The van der Waals surface area contributed by atoms with Crippen LogP contribution in [0.2, 0.25) is 0 Å². The molecule has 17 heavy (non-hydrogen) atoms. The van der Waals surface area contributed by atoms with E-state index in [0.29, 0.717) is 10.8 Å². The standard InChI is InChI=1S/C12H12N2O2S/c1-6-10(7-3-4-7)14-11-8(13-6)5-9(17-11)12(15)16-2/h5,7H,3-4H2,1-2H3. The van der Waals surface area contributed by atoms with E-state index < -0.39 is 0 Å². The average Bonchev–Trinajstić information content (AvgIpc) is 3.08. The highest BCUT2D eigenvalue weighted by Crippen LogP contribution is 2.41. The molecule has 3 rings (SSSR count). The van der Waals surface area contributed by atoms with Crippen molar-refractivity contribution in [1.82, 2.24) is 9.97 Å². The van der Waals surface area contributed by atoms with Crippen molar-refractivity contribution in [3.8, 4) is 0 Å². The van der Waals surface area contributed by atoms with Gasteiger partial charge in [-0.2, -0.15) is 0 Å². The van der Waals surface area contributed by atoms with Crippen molar-refractivity contribution in [2.45, 2.75) is 25.7 Å². The average molecular weight is 248 g/mol. The van der Waals surface area contributed by atoms with Gasteiger partial charge in [0.1, 0.15) is 15.2 Å². The Morgan fingerprint density at radius 1 is 1.47 bits per heavy atom. The van der Waals surface area contributed by atoms with Gasteiger partial charge in [0.25, 0.3) is 0 Å². The summed E-state index contributed by atoms with van der Waals surface area (Å²) in [6.07, 6.45) is 2.41. The van der Waals surface area contributed by atoms with Crippen LogP contribution in [0, 0.1) is 6.92 Å². The molecule has 0 spiro atoms. The summed E-state index contributed by atoms with van der Waals surface area (Å²) in [5, 5.41) is 0. The zero-order valence-corrected chi connectivity index (χ0v) is 10.5. The maximum atomic E-state index is 11.4. The van der Waals surface area contributed by atoms with Gasteiger partial charge in [-0.25, -0.2) is 14.8 Å².